The molecule has 0 amide bonds. The number of aromatic amines is 1. The number of nitrogens with one attached hydrogen (secondary N) is 1. The summed E-state index contributed by atoms with van der Waals surface area (Å²) in [4.78, 5) is 39.5. The van der Waals surface area contributed by atoms with E-state index in [1.807, 2.05) is 12.1 Å². The van der Waals surface area contributed by atoms with Crippen molar-refractivity contribution >= 4 is 17.7 Å². The van der Waals surface area contributed by atoms with Crippen LogP contribution in [0.2, 0.25) is 0 Å². The van der Waals surface area contributed by atoms with Gasteiger partial charge in [-0.25, -0.2) is 9.59 Å². The van der Waals surface area contributed by atoms with Crippen LogP contribution in [0.5, 0.6) is 0 Å². The van der Waals surface area contributed by atoms with Crippen molar-refractivity contribution in [2.45, 2.75) is 40.5 Å². The van der Waals surface area contributed by atoms with E-state index in [4.69, 9.17) is 9.47 Å². The molecule has 0 saturated carbocycles. The quantitative estimate of drug-likeness (QED) is 0.588. The first-order valence-electron chi connectivity index (χ1n) is 8.92. The Bertz CT molecular complexity index is 846. The van der Waals surface area contributed by atoms with E-state index >= 15 is 0 Å². The number of H-pyrrole nitrogens is 1. The third kappa shape index (κ3) is 4.64. The fourth-order valence-corrected chi connectivity index (χ4v) is 2.83. The lowest BCUT2D eigenvalue weighted by Crippen LogP contribution is -2.15. The van der Waals surface area contributed by atoms with E-state index in [0.717, 1.165) is 5.56 Å². The third-order valence-corrected chi connectivity index (χ3v) is 4.34. The van der Waals surface area contributed by atoms with Crippen LogP contribution in [0.15, 0.2) is 24.3 Å². The van der Waals surface area contributed by atoms with Gasteiger partial charge in [-0.05, 0) is 49.9 Å². The van der Waals surface area contributed by atoms with Crippen LogP contribution in [0.3, 0.4) is 0 Å². The summed E-state index contributed by atoms with van der Waals surface area (Å²) in [6.07, 6.45) is 0. The highest BCUT2D eigenvalue weighted by Crippen LogP contribution is 2.20. The van der Waals surface area contributed by atoms with Gasteiger partial charge in [0.2, 0.25) is 5.78 Å². The summed E-state index contributed by atoms with van der Waals surface area (Å²) in [6.45, 7) is 9.05. The molecule has 27 heavy (non-hydrogen) atoms. The average molecular weight is 371 g/mol. The topological polar surface area (TPSA) is 85.5 Å². The fraction of sp³-hybridized carbons (Fsp3) is 0.381. The molecule has 1 aromatic heterocycles. The zero-order valence-electron chi connectivity index (χ0n) is 16.3. The molecule has 0 unspecified atom stereocenters. The Morgan fingerprint density at radius 3 is 2.19 bits per heavy atom. The average Bonchev–Trinajstić information content (AvgIpc) is 2.94. The molecule has 1 heterocycles. The predicted molar refractivity (Wildman–Crippen MR) is 101 cm³/mol. The van der Waals surface area contributed by atoms with Crippen molar-refractivity contribution < 1.29 is 23.9 Å². The molecule has 0 spiro atoms. The highest BCUT2D eigenvalue weighted by atomic mass is 16.5. The van der Waals surface area contributed by atoms with Crippen molar-refractivity contribution in [2.75, 3.05) is 13.2 Å². The van der Waals surface area contributed by atoms with Crippen LogP contribution in [-0.4, -0.2) is 35.9 Å². The Labute approximate surface area is 158 Å². The minimum atomic E-state index is -0.565. The monoisotopic (exact) mass is 371 g/mol. The number of Topliss-reactive ketones (excluding diaryl/α,β-unsaturated/α-hetero) is 1. The number of aromatic nitrogens is 1. The Morgan fingerprint density at radius 2 is 1.63 bits per heavy atom. The standard InChI is InChI=1S/C21H25NO5/c1-6-26-21(25)18-13(4)19(22-14(18)5)17(23)11-27-20(24)16-9-7-15(8-10-16)12(2)3/h7-10,12,22H,6,11H2,1-5H3. The Balaban J connectivity index is 2.06. The molecule has 0 aliphatic rings. The van der Waals surface area contributed by atoms with Crippen molar-refractivity contribution in [3.8, 4) is 0 Å². The van der Waals surface area contributed by atoms with Gasteiger partial charge >= 0.3 is 11.9 Å². The third-order valence-electron chi connectivity index (χ3n) is 4.34. The largest absolute Gasteiger partial charge is 0.462 e. The molecule has 0 aliphatic carbocycles. The van der Waals surface area contributed by atoms with Crippen LogP contribution in [0.25, 0.3) is 0 Å². The van der Waals surface area contributed by atoms with Crippen molar-refractivity contribution in [1.82, 2.24) is 4.98 Å². The maximum absolute atomic E-state index is 12.4. The van der Waals surface area contributed by atoms with Gasteiger partial charge in [-0.1, -0.05) is 26.0 Å². The normalized spacial score (nSPS) is 10.7. The zero-order valence-corrected chi connectivity index (χ0v) is 16.3. The Kier molecular flexibility index (Phi) is 6.55. The van der Waals surface area contributed by atoms with Crippen LogP contribution in [0.1, 0.15) is 74.7 Å². The summed E-state index contributed by atoms with van der Waals surface area (Å²) in [5.41, 5.74) is 3.14. The van der Waals surface area contributed by atoms with Crippen LogP contribution in [0, 0.1) is 13.8 Å². The first kappa shape index (κ1) is 20.4. The molecule has 1 N–H and O–H groups in total. The smallest absolute Gasteiger partial charge is 0.340 e. The highest BCUT2D eigenvalue weighted by Gasteiger charge is 2.23. The lowest BCUT2D eigenvalue weighted by Gasteiger charge is -2.07. The van der Waals surface area contributed by atoms with Crippen molar-refractivity contribution in [3.63, 3.8) is 0 Å². The molecule has 2 aromatic rings. The van der Waals surface area contributed by atoms with E-state index in [1.165, 1.54) is 0 Å². The van der Waals surface area contributed by atoms with Gasteiger partial charge in [0.1, 0.15) is 0 Å². The van der Waals surface area contributed by atoms with Crippen molar-refractivity contribution in [3.05, 3.63) is 57.9 Å². The summed E-state index contributed by atoms with van der Waals surface area (Å²) >= 11 is 0. The van der Waals surface area contributed by atoms with E-state index < -0.39 is 24.3 Å². The molecule has 6 nitrogen and oxygen atoms in total. The molecule has 0 saturated heterocycles. The number of rotatable bonds is 7. The highest BCUT2D eigenvalue weighted by molar-refractivity contribution is 6.03. The van der Waals surface area contributed by atoms with Crippen molar-refractivity contribution in [1.29, 1.82) is 0 Å². The summed E-state index contributed by atoms with van der Waals surface area (Å²) in [5, 5.41) is 0. The number of ketones is 1. The Morgan fingerprint density at radius 1 is 1.00 bits per heavy atom. The maximum Gasteiger partial charge on any atom is 0.340 e. The number of hydrogen-bond donors (Lipinski definition) is 1. The van der Waals surface area contributed by atoms with E-state index in [0.29, 0.717) is 28.3 Å². The van der Waals surface area contributed by atoms with Gasteiger partial charge in [0, 0.05) is 5.69 Å². The zero-order chi connectivity index (χ0) is 20.1. The summed E-state index contributed by atoms with van der Waals surface area (Å²) in [6, 6.07) is 7.11. The van der Waals surface area contributed by atoms with Gasteiger partial charge in [-0.3, -0.25) is 4.79 Å². The van der Waals surface area contributed by atoms with Gasteiger partial charge in [-0.2, -0.15) is 0 Å². The van der Waals surface area contributed by atoms with E-state index in [9.17, 15) is 14.4 Å². The first-order chi connectivity index (χ1) is 12.8. The molecule has 0 bridgehead atoms. The number of aryl methyl sites for hydroxylation is 1. The molecule has 6 heteroatoms. The van der Waals surface area contributed by atoms with E-state index in [1.54, 1.807) is 32.9 Å². The van der Waals surface area contributed by atoms with Crippen LogP contribution in [0.4, 0.5) is 0 Å². The van der Waals surface area contributed by atoms with Gasteiger partial charge in [-0.15, -0.1) is 0 Å². The molecule has 0 radical (unpaired) electrons. The van der Waals surface area contributed by atoms with Gasteiger partial charge < -0.3 is 14.5 Å². The number of carbonyl (C=O) groups excluding carboxylic acids is 3. The van der Waals surface area contributed by atoms with Crippen LogP contribution < -0.4 is 0 Å². The second kappa shape index (κ2) is 8.66. The molecule has 0 fully saturated rings. The van der Waals surface area contributed by atoms with E-state index in [2.05, 4.69) is 18.8 Å². The second-order valence-corrected chi connectivity index (χ2v) is 6.62. The predicted octanol–water partition coefficient (Wildman–Crippen LogP) is 3.97. The summed E-state index contributed by atoms with van der Waals surface area (Å²) in [7, 11) is 0. The minimum Gasteiger partial charge on any atom is -0.462 e. The number of hydrogen-bond acceptors (Lipinski definition) is 5. The molecule has 0 aliphatic heterocycles. The molecule has 144 valence electrons. The second-order valence-electron chi connectivity index (χ2n) is 6.62. The van der Waals surface area contributed by atoms with E-state index in [-0.39, 0.29) is 12.3 Å². The summed E-state index contributed by atoms with van der Waals surface area (Å²) in [5.74, 6) is -1.09. The number of carbonyl (C=O) groups is 3. The van der Waals surface area contributed by atoms with Gasteiger partial charge in [0.25, 0.3) is 0 Å². The first-order valence-corrected chi connectivity index (χ1v) is 8.92. The van der Waals surface area contributed by atoms with Crippen LogP contribution in [-0.2, 0) is 9.47 Å². The molecule has 1 aromatic carbocycles. The Hall–Kier alpha value is -2.89. The lowest BCUT2D eigenvalue weighted by molar-refractivity contribution is 0.0472. The number of benzene rings is 1. The SMILES string of the molecule is CCOC(=O)c1c(C)[nH]c(C(=O)COC(=O)c2ccc(C(C)C)cc2)c1C. The molecular formula is C21H25NO5. The molecule has 2 rings (SSSR count). The number of ether oxygens (including phenoxy) is 2. The maximum atomic E-state index is 12.4. The lowest BCUT2D eigenvalue weighted by atomic mass is 10.0. The summed E-state index contributed by atoms with van der Waals surface area (Å²) < 4.78 is 10.1. The van der Waals surface area contributed by atoms with Crippen LogP contribution >= 0.6 is 0 Å². The molecular weight excluding hydrogens is 346 g/mol. The minimum absolute atomic E-state index is 0.249. The molecule has 0 atom stereocenters. The van der Waals surface area contributed by atoms with Crippen molar-refractivity contribution in [2.24, 2.45) is 0 Å². The van der Waals surface area contributed by atoms with Gasteiger partial charge in [0.05, 0.1) is 23.4 Å². The number of esters is 2. The fourth-order valence-electron chi connectivity index (χ4n) is 2.83. The van der Waals surface area contributed by atoms with Gasteiger partial charge in [0.15, 0.2) is 6.61 Å².